The minimum atomic E-state index is -0.385. The quantitative estimate of drug-likeness (QED) is 0.142. The number of carbonyl (C=O) groups is 1. The lowest BCUT2D eigenvalue weighted by Crippen LogP contribution is -2.44. The molecule has 8 heteroatoms. The molecule has 0 saturated heterocycles. The van der Waals surface area contributed by atoms with Gasteiger partial charge in [-0.25, -0.2) is 9.31 Å². The maximum Gasteiger partial charge on any atom is 0.407 e. The van der Waals surface area contributed by atoms with E-state index in [0.29, 0.717) is 31.3 Å². The Morgan fingerprint density at radius 1 is 0.917 bits per heavy atom. The summed E-state index contributed by atoms with van der Waals surface area (Å²) in [6.07, 6.45) is 9.00. The summed E-state index contributed by atoms with van der Waals surface area (Å²) in [5, 5.41) is 8.10. The van der Waals surface area contributed by atoms with Crippen molar-refractivity contribution < 1.29 is 9.53 Å². The van der Waals surface area contributed by atoms with Crippen molar-refractivity contribution in [2.75, 3.05) is 19.7 Å². The van der Waals surface area contributed by atoms with Crippen molar-refractivity contribution >= 4 is 11.6 Å². The van der Waals surface area contributed by atoms with Gasteiger partial charge in [0.15, 0.2) is 5.82 Å². The molecule has 5 aromatic rings. The summed E-state index contributed by atoms with van der Waals surface area (Å²) in [7, 11) is 0. The first kappa shape index (κ1) is 31.9. The normalized spacial score (nSPS) is 15.4. The summed E-state index contributed by atoms with van der Waals surface area (Å²) < 4.78 is 9.42. The first-order chi connectivity index (χ1) is 23.6. The Hall–Kier alpha value is -4.69. The van der Waals surface area contributed by atoms with Crippen molar-refractivity contribution in [2.24, 2.45) is 0 Å². The first-order valence-corrected chi connectivity index (χ1v) is 17.6. The number of carbonyl (C=O) groups excluding carboxylic acids is 1. The lowest BCUT2D eigenvalue weighted by molar-refractivity contribution is 0.0898. The highest BCUT2D eigenvalue weighted by Gasteiger charge is 2.32. The van der Waals surface area contributed by atoms with Crippen LogP contribution in [0.3, 0.4) is 0 Å². The molecule has 2 aliphatic rings. The molecule has 8 nitrogen and oxygen atoms in total. The second-order valence-electron chi connectivity index (χ2n) is 13.1. The van der Waals surface area contributed by atoms with Crippen LogP contribution in [0, 0.1) is 0 Å². The van der Waals surface area contributed by atoms with Crippen molar-refractivity contribution in [3.8, 4) is 11.1 Å². The predicted octanol–water partition coefficient (Wildman–Crippen LogP) is 7.56. The maximum absolute atomic E-state index is 13.9. The number of aromatic nitrogens is 3. The molecular formula is C40H45N5O3. The molecule has 1 fully saturated rings. The zero-order valence-corrected chi connectivity index (χ0v) is 27.8. The monoisotopic (exact) mass is 643 g/mol. The van der Waals surface area contributed by atoms with Gasteiger partial charge in [-0.1, -0.05) is 105 Å². The van der Waals surface area contributed by atoms with Crippen LogP contribution in [0.4, 0.5) is 4.79 Å². The fourth-order valence-electron chi connectivity index (χ4n) is 7.87. The third-order valence-electron chi connectivity index (χ3n) is 10.2. The number of nitrogens with one attached hydrogen (secondary N) is 1. The van der Waals surface area contributed by atoms with Crippen LogP contribution < -0.4 is 10.9 Å². The summed E-state index contributed by atoms with van der Waals surface area (Å²) in [6.45, 7) is 4.27. The van der Waals surface area contributed by atoms with Crippen LogP contribution in [-0.2, 0) is 11.3 Å². The Labute approximate surface area is 282 Å². The number of amides is 1. The standard InChI is InChI=1S/C40H45N5O3/c1-2-36(38-42-45-26-13-23-37(45)39(46)44(38)27-29-15-5-3-6-16-29)43(30-17-7-4-8-18-30)25-14-24-41-40(47)48-28-35-33-21-11-9-19-31(33)32-20-10-12-22-34(32)35/h3,5-6,9-13,15-16,19-23,26,30,35-36H,2,4,7-8,14,17-18,24-25,27-28H2,1H3,(H,41,47). The SMILES string of the molecule is CCC(c1nn2cccc2c(=O)n1Cc1ccccc1)N(CCCNC(=O)OCC1c2ccccc2-c2ccccc21)C1CCCCC1. The van der Waals surface area contributed by atoms with Gasteiger partial charge in [-0.3, -0.25) is 14.3 Å². The second kappa shape index (κ2) is 14.6. The first-order valence-electron chi connectivity index (χ1n) is 17.6. The Balaban J connectivity index is 1.05. The largest absolute Gasteiger partial charge is 0.449 e. The Morgan fingerprint density at radius 3 is 2.31 bits per heavy atom. The topological polar surface area (TPSA) is 80.9 Å². The molecule has 1 amide bonds. The molecule has 1 saturated carbocycles. The molecule has 0 spiro atoms. The number of nitrogens with zero attached hydrogens (tertiary/aromatic N) is 4. The summed E-state index contributed by atoms with van der Waals surface area (Å²) in [4.78, 5) is 29.4. The van der Waals surface area contributed by atoms with E-state index in [1.165, 1.54) is 41.5 Å². The minimum absolute atomic E-state index is 0.0205. The number of hydrogen-bond acceptors (Lipinski definition) is 5. The molecule has 2 aliphatic carbocycles. The summed E-state index contributed by atoms with van der Waals surface area (Å²) in [6, 6.07) is 31.0. The van der Waals surface area contributed by atoms with E-state index in [4.69, 9.17) is 9.84 Å². The van der Waals surface area contributed by atoms with Crippen molar-refractivity contribution in [3.63, 3.8) is 0 Å². The highest BCUT2D eigenvalue weighted by molar-refractivity contribution is 5.79. The Bertz CT molecular complexity index is 1860. The van der Waals surface area contributed by atoms with Crippen LogP contribution in [0.1, 0.15) is 86.3 Å². The fraction of sp³-hybridized carbons (Fsp3) is 0.375. The van der Waals surface area contributed by atoms with Gasteiger partial charge in [-0.15, -0.1) is 0 Å². The van der Waals surface area contributed by atoms with Gasteiger partial charge in [0.05, 0.1) is 12.6 Å². The van der Waals surface area contributed by atoms with Crippen molar-refractivity contribution in [2.45, 2.75) is 76.4 Å². The molecule has 1 N–H and O–H groups in total. The zero-order valence-electron chi connectivity index (χ0n) is 27.8. The molecule has 248 valence electrons. The van der Waals surface area contributed by atoms with Crippen LogP contribution in [0.25, 0.3) is 16.6 Å². The number of rotatable bonds is 12. The molecule has 0 bridgehead atoms. The van der Waals surface area contributed by atoms with Crippen LogP contribution in [0.15, 0.2) is 102 Å². The van der Waals surface area contributed by atoms with Gasteiger partial charge in [-0.2, -0.15) is 5.10 Å². The van der Waals surface area contributed by atoms with Gasteiger partial charge in [0.2, 0.25) is 0 Å². The van der Waals surface area contributed by atoms with Crippen molar-refractivity contribution in [1.29, 1.82) is 0 Å². The molecule has 3 aromatic carbocycles. The lowest BCUT2D eigenvalue weighted by atomic mass is 9.92. The smallest absolute Gasteiger partial charge is 0.407 e. The van der Waals surface area contributed by atoms with E-state index in [1.807, 2.05) is 53.2 Å². The fourth-order valence-corrected chi connectivity index (χ4v) is 7.87. The van der Waals surface area contributed by atoms with Gasteiger partial charge in [0.25, 0.3) is 5.56 Å². The zero-order chi connectivity index (χ0) is 32.9. The Morgan fingerprint density at radius 2 is 1.60 bits per heavy atom. The number of hydrogen-bond donors (Lipinski definition) is 1. The molecule has 0 radical (unpaired) electrons. The molecule has 1 atom stereocenters. The van der Waals surface area contributed by atoms with Crippen LogP contribution in [0.2, 0.25) is 0 Å². The minimum Gasteiger partial charge on any atom is -0.449 e. The van der Waals surface area contributed by atoms with Crippen LogP contribution in [-0.4, -0.2) is 50.9 Å². The number of alkyl carbamates (subject to hydrolysis) is 1. The molecule has 2 aromatic heterocycles. The highest BCUT2D eigenvalue weighted by Crippen LogP contribution is 2.44. The van der Waals surface area contributed by atoms with Gasteiger partial charge < -0.3 is 10.1 Å². The third-order valence-corrected chi connectivity index (χ3v) is 10.2. The van der Waals surface area contributed by atoms with E-state index >= 15 is 0 Å². The summed E-state index contributed by atoms with van der Waals surface area (Å²) in [5.74, 6) is 0.832. The van der Waals surface area contributed by atoms with Crippen molar-refractivity contribution in [3.05, 3.63) is 130 Å². The second-order valence-corrected chi connectivity index (χ2v) is 13.1. The lowest BCUT2D eigenvalue weighted by Gasteiger charge is -2.40. The van der Waals surface area contributed by atoms with E-state index in [9.17, 15) is 9.59 Å². The van der Waals surface area contributed by atoms with E-state index < -0.39 is 0 Å². The molecule has 48 heavy (non-hydrogen) atoms. The van der Waals surface area contributed by atoms with E-state index in [2.05, 4.69) is 65.7 Å². The van der Waals surface area contributed by atoms with Gasteiger partial charge in [0, 0.05) is 31.2 Å². The predicted molar refractivity (Wildman–Crippen MR) is 189 cm³/mol. The van der Waals surface area contributed by atoms with Gasteiger partial charge >= 0.3 is 6.09 Å². The molecule has 2 heterocycles. The molecular weight excluding hydrogens is 598 g/mol. The number of fused-ring (bicyclic) bond motifs is 4. The average molecular weight is 644 g/mol. The van der Waals surface area contributed by atoms with E-state index in [0.717, 1.165) is 43.6 Å². The van der Waals surface area contributed by atoms with Crippen molar-refractivity contribution in [1.82, 2.24) is 24.4 Å². The molecule has 7 rings (SSSR count). The third kappa shape index (κ3) is 6.54. The van der Waals surface area contributed by atoms with Crippen LogP contribution in [0.5, 0.6) is 0 Å². The number of benzene rings is 3. The highest BCUT2D eigenvalue weighted by atomic mass is 16.5. The number of ether oxygens (including phenoxy) is 1. The van der Waals surface area contributed by atoms with E-state index in [-0.39, 0.29) is 23.6 Å². The summed E-state index contributed by atoms with van der Waals surface area (Å²) in [5.41, 5.74) is 6.49. The average Bonchev–Trinajstić information content (AvgIpc) is 3.74. The van der Waals surface area contributed by atoms with Gasteiger partial charge in [-0.05, 0) is 65.6 Å². The molecule has 0 aliphatic heterocycles. The van der Waals surface area contributed by atoms with Gasteiger partial charge in [0.1, 0.15) is 12.1 Å². The van der Waals surface area contributed by atoms with E-state index in [1.54, 1.807) is 4.52 Å². The summed E-state index contributed by atoms with van der Waals surface area (Å²) >= 11 is 0. The van der Waals surface area contributed by atoms with Crippen LogP contribution >= 0.6 is 0 Å². The molecule has 1 unspecified atom stereocenters. The Kier molecular flexibility index (Phi) is 9.70. The maximum atomic E-state index is 13.9.